The van der Waals surface area contributed by atoms with Crippen LogP contribution in [0.2, 0.25) is 0 Å². The SMILES string of the molecule is CC(=O)ON1CCCCC(N)C1=O. The Morgan fingerprint density at radius 1 is 1.62 bits per heavy atom. The first-order valence-electron chi connectivity index (χ1n) is 4.37. The van der Waals surface area contributed by atoms with Gasteiger partial charge in [0.05, 0.1) is 12.6 Å². The Labute approximate surface area is 76.8 Å². The van der Waals surface area contributed by atoms with Gasteiger partial charge in [0.25, 0.3) is 5.91 Å². The van der Waals surface area contributed by atoms with Crippen molar-refractivity contribution in [2.45, 2.75) is 32.2 Å². The molecule has 0 bridgehead atoms. The lowest BCUT2D eigenvalue weighted by molar-refractivity contribution is -0.196. The second-order valence-corrected chi connectivity index (χ2v) is 3.13. The van der Waals surface area contributed by atoms with Crippen molar-refractivity contribution < 1.29 is 14.4 Å². The average molecular weight is 186 g/mol. The molecule has 13 heavy (non-hydrogen) atoms. The van der Waals surface area contributed by atoms with Gasteiger partial charge in [0, 0.05) is 6.92 Å². The fourth-order valence-corrected chi connectivity index (χ4v) is 1.28. The molecule has 1 fully saturated rings. The minimum Gasteiger partial charge on any atom is -0.338 e. The van der Waals surface area contributed by atoms with Crippen molar-refractivity contribution in [1.82, 2.24) is 5.06 Å². The van der Waals surface area contributed by atoms with Gasteiger partial charge in [-0.05, 0) is 19.3 Å². The molecule has 1 aliphatic rings. The zero-order valence-corrected chi connectivity index (χ0v) is 7.66. The maximum Gasteiger partial charge on any atom is 0.329 e. The fraction of sp³-hybridized carbons (Fsp3) is 0.750. The molecule has 0 spiro atoms. The molecule has 0 saturated carbocycles. The molecular weight excluding hydrogens is 172 g/mol. The van der Waals surface area contributed by atoms with Gasteiger partial charge in [-0.15, -0.1) is 0 Å². The zero-order chi connectivity index (χ0) is 9.84. The number of hydrogen-bond acceptors (Lipinski definition) is 4. The van der Waals surface area contributed by atoms with E-state index in [9.17, 15) is 9.59 Å². The zero-order valence-electron chi connectivity index (χ0n) is 7.66. The number of hydroxylamine groups is 2. The molecule has 74 valence electrons. The average Bonchev–Trinajstić information content (AvgIpc) is 2.19. The molecule has 5 nitrogen and oxygen atoms in total. The Morgan fingerprint density at radius 3 is 2.92 bits per heavy atom. The van der Waals surface area contributed by atoms with Crippen LogP contribution in [0.3, 0.4) is 0 Å². The summed E-state index contributed by atoms with van der Waals surface area (Å²) < 4.78 is 0. The van der Waals surface area contributed by atoms with Crippen molar-refractivity contribution in [3.05, 3.63) is 0 Å². The van der Waals surface area contributed by atoms with Gasteiger partial charge < -0.3 is 10.6 Å². The number of rotatable bonds is 1. The van der Waals surface area contributed by atoms with Gasteiger partial charge in [0.15, 0.2) is 0 Å². The topological polar surface area (TPSA) is 72.6 Å². The van der Waals surface area contributed by atoms with Crippen LogP contribution in [0.1, 0.15) is 26.2 Å². The van der Waals surface area contributed by atoms with Crippen LogP contribution in [0.15, 0.2) is 0 Å². The van der Waals surface area contributed by atoms with E-state index in [1.54, 1.807) is 0 Å². The van der Waals surface area contributed by atoms with Gasteiger partial charge in [0.1, 0.15) is 0 Å². The largest absolute Gasteiger partial charge is 0.338 e. The summed E-state index contributed by atoms with van der Waals surface area (Å²) >= 11 is 0. The maximum atomic E-state index is 11.4. The lowest BCUT2D eigenvalue weighted by atomic mass is 10.1. The molecule has 1 saturated heterocycles. The predicted molar refractivity (Wildman–Crippen MR) is 45.3 cm³/mol. The van der Waals surface area contributed by atoms with Crippen LogP contribution in [0, 0.1) is 0 Å². The second-order valence-electron chi connectivity index (χ2n) is 3.13. The summed E-state index contributed by atoms with van der Waals surface area (Å²) in [6, 6.07) is -0.526. The van der Waals surface area contributed by atoms with Crippen LogP contribution in [-0.2, 0) is 14.4 Å². The molecule has 2 N–H and O–H groups in total. The minimum absolute atomic E-state index is 0.298. The Hall–Kier alpha value is -1.10. The Kier molecular flexibility index (Phi) is 3.25. The molecule has 1 unspecified atom stereocenters. The van der Waals surface area contributed by atoms with Crippen LogP contribution < -0.4 is 5.73 Å². The number of carbonyl (C=O) groups is 2. The highest BCUT2D eigenvalue weighted by atomic mass is 16.7. The van der Waals surface area contributed by atoms with E-state index in [1.807, 2.05) is 0 Å². The predicted octanol–water partition coefficient (Wildman–Crippen LogP) is -0.196. The first kappa shape index (κ1) is 9.98. The standard InChI is InChI=1S/C8H14N2O3/c1-6(11)13-10-5-3-2-4-7(9)8(10)12/h7H,2-5,9H2,1H3. The van der Waals surface area contributed by atoms with E-state index < -0.39 is 12.0 Å². The van der Waals surface area contributed by atoms with Crippen molar-refractivity contribution in [3.63, 3.8) is 0 Å². The molecule has 1 heterocycles. The Balaban J connectivity index is 2.59. The van der Waals surface area contributed by atoms with Crippen LogP contribution >= 0.6 is 0 Å². The summed E-state index contributed by atoms with van der Waals surface area (Å²) in [5.41, 5.74) is 5.56. The third-order valence-electron chi connectivity index (χ3n) is 1.93. The van der Waals surface area contributed by atoms with Crippen LogP contribution in [-0.4, -0.2) is 29.5 Å². The highest BCUT2D eigenvalue weighted by Gasteiger charge is 2.25. The molecule has 1 amide bonds. The summed E-state index contributed by atoms with van der Waals surface area (Å²) in [6.07, 6.45) is 2.38. The summed E-state index contributed by atoms with van der Waals surface area (Å²) in [5.74, 6) is -0.782. The number of nitrogens with two attached hydrogens (primary N) is 1. The summed E-state index contributed by atoms with van der Waals surface area (Å²) in [7, 11) is 0. The monoisotopic (exact) mass is 186 g/mol. The van der Waals surface area contributed by atoms with E-state index >= 15 is 0 Å². The third-order valence-corrected chi connectivity index (χ3v) is 1.93. The molecule has 5 heteroatoms. The van der Waals surface area contributed by atoms with Crippen LogP contribution in [0.5, 0.6) is 0 Å². The van der Waals surface area contributed by atoms with Gasteiger partial charge in [-0.2, -0.15) is 5.06 Å². The van der Waals surface area contributed by atoms with E-state index in [0.29, 0.717) is 13.0 Å². The summed E-state index contributed by atoms with van der Waals surface area (Å²) in [4.78, 5) is 26.7. The van der Waals surface area contributed by atoms with Gasteiger partial charge in [-0.1, -0.05) is 0 Å². The Morgan fingerprint density at radius 2 is 2.31 bits per heavy atom. The van der Waals surface area contributed by atoms with Crippen molar-refractivity contribution >= 4 is 11.9 Å². The van der Waals surface area contributed by atoms with Crippen molar-refractivity contribution in [2.75, 3.05) is 6.54 Å². The molecule has 1 rings (SSSR count). The molecule has 0 aliphatic carbocycles. The van der Waals surface area contributed by atoms with Gasteiger partial charge in [-0.3, -0.25) is 9.59 Å². The maximum absolute atomic E-state index is 11.4. The molecule has 0 aromatic heterocycles. The van der Waals surface area contributed by atoms with E-state index in [1.165, 1.54) is 6.92 Å². The van der Waals surface area contributed by atoms with Gasteiger partial charge in [0.2, 0.25) is 0 Å². The molecule has 0 radical (unpaired) electrons. The quantitative estimate of drug-likeness (QED) is 0.615. The van der Waals surface area contributed by atoms with E-state index in [-0.39, 0.29) is 5.91 Å². The van der Waals surface area contributed by atoms with Gasteiger partial charge >= 0.3 is 5.97 Å². The van der Waals surface area contributed by atoms with Crippen molar-refractivity contribution in [2.24, 2.45) is 5.73 Å². The first-order valence-corrected chi connectivity index (χ1v) is 4.37. The number of hydrogen-bond donors (Lipinski definition) is 1. The summed E-state index contributed by atoms with van der Waals surface area (Å²) in [6.45, 7) is 1.72. The van der Waals surface area contributed by atoms with Gasteiger partial charge in [-0.25, -0.2) is 0 Å². The first-order chi connectivity index (χ1) is 6.11. The highest BCUT2D eigenvalue weighted by molar-refractivity contribution is 5.82. The normalized spacial score (nSPS) is 24.0. The molecule has 1 atom stereocenters. The summed E-state index contributed by atoms with van der Waals surface area (Å²) in [5, 5.41) is 1.07. The van der Waals surface area contributed by atoms with Crippen LogP contribution in [0.4, 0.5) is 0 Å². The van der Waals surface area contributed by atoms with Crippen molar-refractivity contribution in [1.29, 1.82) is 0 Å². The molecule has 0 aromatic rings. The van der Waals surface area contributed by atoms with E-state index in [0.717, 1.165) is 17.9 Å². The van der Waals surface area contributed by atoms with E-state index in [2.05, 4.69) is 0 Å². The lowest BCUT2D eigenvalue weighted by Gasteiger charge is -2.19. The molecule has 1 aliphatic heterocycles. The smallest absolute Gasteiger partial charge is 0.329 e. The molecule has 0 aromatic carbocycles. The third kappa shape index (κ3) is 2.69. The number of carbonyl (C=O) groups excluding carboxylic acids is 2. The van der Waals surface area contributed by atoms with Crippen molar-refractivity contribution in [3.8, 4) is 0 Å². The molecular formula is C8H14N2O3. The number of amides is 1. The fourth-order valence-electron chi connectivity index (χ4n) is 1.28. The lowest BCUT2D eigenvalue weighted by Crippen LogP contribution is -2.42. The highest BCUT2D eigenvalue weighted by Crippen LogP contribution is 2.10. The van der Waals surface area contributed by atoms with Crippen LogP contribution in [0.25, 0.3) is 0 Å². The van der Waals surface area contributed by atoms with E-state index in [4.69, 9.17) is 10.6 Å². The second kappa shape index (κ2) is 4.23. The number of nitrogens with zero attached hydrogens (tertiary/aromatic N) is 1. The minimum atomic E-state index is -0.526. The Bertz CT molecular complexity index is 217.